The summed E-state index contributed by atoms with van der Waals surface area (Å²) in [6.45, 7) is 1.81. The topological polar surface area (TPSA) is 46.3 Å². The lowest BCUT2D eigenvalue weighted by molar-refractivity contribution is 0.0724. The zero-order valence-corrected chi connectivity index (χ0v) is 12.9. The van der Waals surface area contributed by atoms with Crippen LogP contribution in [0.15, 0.2) is 0 Å². The maximum absolute atomic E-state index is 12.8. The molecule has 0 atom stereocenters. The maximum atomic E-state index is 12.8. The van der Waals surface area contributed by atoms with E-state index in [-0.39, 0.29) is 5.91 Å². The number of carbonyl (C=O) groups excluding carboxylic acids is 1. The van der Waals surface area contributed by atoms with E-state index in [0.717, 1.165) is 49.3 Å². The van der Waals surface area contributed by atoms with Crippen molar-refractivity contribution in [3.63, 3.8) is 0 Å². The minimum Gasteiger partial charge on any atom is -0.390 e. The molecule has 1 aliphatic carbocycles. The summed E-state index contributed by atoms with van der Waals surface area (Å²) < 4.78 is 0. The van der Waals surface area contributed by atoms with E-state index in [1.165, 1.54) is 42.5 Å². The van der Waals surface area contributed by atoms with E-state index >= 15 is 0 Å². The largest absolute Gasteiger partial charge is 0.390 e. The standard InChI is InChI=1S/C16H24N2OS/c17-15-14(16(19)18-10-6-3-7-11-18)12-8-4-1-2-5-9-13(12)20-15/h1-11,17H2. The van der Waals surface area contributed by atoms with Crippen LogP contribution < -0.4 is 5.73 Å². The first kappa shape index (κ1) is 13.9. The third-order valence-corrected chi connectivity index (χ3v) is 5.68. The van der Waals surface area contributed by atoms with Crippen LogP contribution in [-0.2, 0) is 12.8 Å². The van der Waals surface area contributed by atoms with Crippen LogP contribution in [0, 0.1) is 0 Å². The summed E-state index contributed by atoms with van der Waals surface area (Å²) in [4.78, 5) is 16.2. The van der Waals surface area contributed by atoms with Gasteiger partial charge in [0.2, 0.25) is 0 Å². The van der Waals surface area contributed by atoms with Crippen molar-refractivity contribution in [2.45, 2.75) is 57.8 Å². The summed E-state index contributed by atoms with van der Waals surface area (Å²) in [6.07, 6.45) is 10.7. The molecule has 2 aliphatic rings. The summed E-state index contributed by atoms with van der Waals surface area (Å²) >= 11 is 1.66. The average Bonchev–Trinajstić information content (AvgIpc) is 2.74. The predicted molar refractivity (Wildman–Crippen MR) is 84.4 cm³/mol. The molecule has 20 heavy (non-hydrogen) atoms. The lowest BCUT2D eigenvalue weighted by Gasteiger charge is -2.27. The highest BCUT2D eigenvalue weighted by molar-refractivity contribution is 7.16. The first-order valence-electron chi connectivity index (χ1n) is 7.96. The molecule has 0 spiro atoms. The minimum atomic E-state index is 0.195. The van der Waals surface area contributed by atoms with Gasteiger partial charge in [0.15, 0.2) is 0 Å². The van der Waals surface area contributed by atoms with Crippen molar-refractivity contribution in [1.82, 2.24) is 4.90 Å². The van der Waals surface area contributed by atoms with Crippen molar-refractivity contribution in [2.75, 3.05) is 18.8 Å². The number of carbonyl (C=O) groups is 1. The zero-order valence-electron chi connectivity index (χ0n) is 12.1. The number of aryl methyl sites for hydroxylation is 1. The Kier molecular flexibility index (Phi) is 4.29. The van der Waals surface area contributed by atoms with Crippen molar-refractivity contribution in [1.29, 1.82) is 0 Å². The smallest absolute Gasteiger partial charge is 0.257 e. The molecule has 2 N–H and O–H groups in total. The quantitative estimate of drug-likeness (QED) is 0.859. The van der Waals surface area contributed by atoms with Gasteiger partial charge >= 0.3 is 0 Å². The van der Waals surface area contributed by atoms with Crippen LogP contribution in [-0.4, -0.2) is 23.9 Å². The molecule has 0 unspecified atom stereocenters. The SMILES string of the molecule is Nc1sc2c(c1C(=O)N1CCCCC1)CCCCCC2. The van der Waals surface area contributed by atoms with Crippen LogP contribution >= 0.6 is 11.3 Å². The number of thiophene rings is 1. The summed E-state index contributed by atoms with van der Waals surface area (Å²) in [5.74, 6) is 0.195. The van der Waals surface area contributed by atoms with Crippen molar-refractivity contribution in [3.8, 4) is 0 Å². The van der Waals surface area contributed by atoms with Crippen LogP contribution in [0.5, 0.6) is 0 Å². The lowest BCUT2D eigenvalue weighted by Crippen LogP contribution is -2.36. The average molecular weight is 292 g/mol. The van der Waals surface area contributed by atoms with Crippen LogP contribution in [0.2, 0.25) is 0 Å². The Balaban J connectivity index is 1.89. The number of hydrogen-bond donors (Lipinski definition) is 1. The third-order valence-electron chi connectivity index (χ3n) is 4.56. The number of hydrogen-bond acceptors (Lipinski definition) is 3. The van der Waals surface area contributed by atoms with Crippen LogP contribution in [0.3, 0.4) is 0 Å². The van der Waals surface area contributed by atoms with Crippen LogP contribution in [0.1, 0.15) is 65.7 Å². The molecule has 3 rings (SSSR count). The molecule has 1 saturated heterocycles. The second-order valence-corrected chi connectivity index (χ2v) is 7.15. The van der Waals surface area contributed by atoms with E-state index in [1.807, 2.05) is 4.90 Å². The van der Waals surface area contributed by atoms with E-state index in [9.17, 15) is 4.79 Å². The fourth-order valence-electron chi connectivity index (χ4n) is 3.43. The number of amides is 1. The van der Waals surface area contributed by atoms with Gasteiger partial charge in [0.05, 0.1) is 10.6 Å². The monoisotopic (exact) mass is 292 g/mol. The highest BCUT2D eigenvalue weighted by atomic mass is 32.1. The Morgan fingerprint density at radius 2 is 1.60 bits per heavy atom. The van der Waals surface area contributed by atoms with Gasteiger partial charge in [-0.3, -0.25) is 4.79 Å². The van der Waals surface area contributed by atoms with Gasteiger partial charge in [-0.15, -0.1) is 11.3 Å². The first-order valence-corrected chi connectivity index (χ1v) is 8.78. The van der Waals surface area contributed by atoms with Crippen molar-refractivity contribution < 1.29 is 4.79 Å². The highest BCUT2D eigenvalue weighted by Crippen LogP contribution is 2.36. The molecule has 1 amide bonds. The minimum absolute atomic E-state index is 0.195. The van der Waals surface area contributed by atoms with E-state index < -0.39 is 0 Å². The summed E-state index contributed by atoms with van der Waals surface area (Å²) in [6, 6.07) is 0. The van der Waals surface area contributed by atoms with Gasteiger partial charge in [0, 0.05) is 18.0 Å². The molecule has 1 aromatic heterocycles. The number of nitrogens with two attached hydrogens (primary N) is 1. The van der Waals surface area contributed by atoms with Crippen LogP contribution in [0.25, 0.3) is 0 Å². The molecule has 1 aromatic rings. The second-order valence-electron chi connectivity index (χ2n) is 6.01. The van der Waals surface area contributed by atoms with E-state index in [0.29, 0.717) is 0 Å². The molecule has 0 saturated carbocycles. The number of fused-ring (bicyclic) bond motifs is 1. The Morgan fingerprint density at radius 3 is 2.35 bits per heavy atom. The Morgan fingerprint density at radius 1 is 0.950 bits per heavy atom. The van der Waals surface area contributed by atoms with Gasteiger partial charge in [-0.1, -0.05) is 12.8 Å². The molecule has 4 heteroatoms. The van der Waals surface area contributed by atoms with Gasteiger partial charge in [-0.25, -0.2) is 0 Å². The summed E-state index contributed by atoms with van der Waals surface area (Å²) in [5.41, 5.74) is 8.34. The molecular formula is C16H24N2OS. The van der Waals surface area contributed by atoms with Crippen molar-refractivity contribution in [3.05, 3.63) is 16.0 Å². The van der Waals surface area contributed by atoms with Gasteiger partial charge < -0.3 is 10.6 Å². The first-order chi connectivity index (χ1) is 9.77. The highest BCUT2D eigenvalue weighted by Gasteiger charge is 2.27. The Bertz CT molecular complexity index is 489. The van der Waals surface area contributed by atoms with E-state index in [4.69, 9.17) is 5.73 Å². The normalized spacial score (nSPS) is 20.1. The van der Waals surface area contributed by atoms with Crippen LogP contribution in [0.4, 0.5) is 5.00 Å². The van der Waals surface area contributed by atoms with E-state index in [1.54, 1.807) is 11.3 Å². The Labute approximate surface area is 125 Å². The molecule has 1 aliphatic heterocycles. The number of nitrogens with zero attached hydrogens (tertiary/aromatic N) is 1. The molecule has 0 radical (unpaired) electrons. The van der Waals surface area contributed by atoms with Gasteiger partial charge in [-0.05, 0) is 50.5 Å². The van der Waals surface area contributed by atoms with Gasteiger partial charge in [0.25, 0.3) is 5.91 Å². The third kappa shape index (κ3) is 2.71. The fraction of sp³-hybridized carbons (Fsp3) is 0.688. The molecule has 110 valence electrons. The number of nitrogen functional groups attached to an aromatic ring is 1. The second kappa shape index (κ2) is 6.17. The number of likely N-dealkylation sites (tertiary alicyclic amines) is 1. The number of piperidine rings is 1. The Hall–Kier alpha value is -1.03. The molecule has 3 nitrogen and oxygen atoms in total. The van der Waals surface area contributed by atoms with E-state index in [2.05, 4.69) is 0 Å². The number of anilines is 1. The lowest BCUT2D eigenvalue weighted by atomic mass is 9.95. The zero-order chi connectivity index (χ0) is 13.9. The maximum Gasteiger partial charge on any atom is 0.257 e. The number of rotatable bonds is 1. The molecule has 1 fully saturated rings. The molecule has 0 bridgehead atoms. The van der Waals surface area contributed by atoms with Crippen molar-refractivity contribution >= 4 is 22.2 Å². The molecular weight excluding hydrogens is 268 g/mol. The van der Waals surface area contributed by atoms with Gasteiger partial charge in [-0.2, -0.15) is 0 Å². The van der Waals surface area contributed by atoms with Gasteiger partial charge in [0.1, 0.15) is 0 Å². The predicted octanol–water partition coefficient (Wildman–Crippen LogP) is 3.62. The molecule has 0 aromatic carbocycles. The summed E-state index contributed by atoms with van der Waals surface area (Å²) in [7, 11) is 0. The molecule has 2 heterocycles. The fourth-order valence-corrected chi connectivity index (χ4v) is 4.58. The summed E-state index contributed by atoms with van der Waals surface area (Å²) in [5, 5.41) is 0.757. The van der Waals surface area contributed by atoms with Crippen molar-refractivity contribution in [2.24, 2.45) is 0 Å².